The quantitative estimate of drug-likeness (QED) is 0.814. The number of H-pyrrole nitrogens is 1. The molecule has 0 aromatic carbocycles. The van der Waals surface area contributed by atoms with Crippen molar-refractivity contribution in [2.45, 2.75) is 26.4 Å². The summed E-state index contributed by atoms with van der Waals surface area (Å²) in [6.45, 7) is 3.41. The number of carbonyl (C=O) groups excluding carboxylic acids is 1. The lowest BCUT2D eigenvalue weighted by Gasteiger charge is -2.09. The number of nitrogens with one attached hydrogen (secondary N) is 1. The Balaban J connectivity index is 2.22. The zero-order chi connectivity index (χ0) is 13.3. The van der Waals surface area contributed by atoms with Gasteiger partial charge in [0.1, 0.15) is 11.5 Å². The molecule has 2 aromatic heterocycles. The van der Waals surface area contributed by atoms with Gasteiger partial charge in [-0.05, 0) is 6.92 Å². The van der Waals surface area contributed by atoms with E-state index >= 15 is 0 Å². The van der Waals surface area contributed by atoms with Crippen molar-refractivity contribution in [1.82, 2.24) is 4.98 Å². The second-order valence-corrected chi connectivity index (χ2v) is 3.90. The fourth-order valence-electron chi connectivity index (χ4n) is 1.60. The lowest BCUT2D eigenvalue weighted by atomic mass is 10.3. The Morgan fingerprint density at radius 2 is 2.22 bits per heavy atom. The summed E-state index contributed by atoms with van der Waals surface area (Å²) in [7, 11) is 0. The summed E-state index contributed by atoms with van der Waals surface area (Å²) in [5, 5.41) is 8.79. The van der Waals surface area contributed by atoms with Gasteiger partial charge in [-0.25, -0.2) is 4.79 Å². The Labute approximate surface area is 103 Å². The lowest BCUT2D eigenvalue weighted by Crippen LogP contribution is -2.06. The third-order valence-corrected chi connectivity index (χ3v) is 2.55. The highest BCUT2D eigenvalue weighted by Gasteiger charge is 2.17. The largest absolute Gasteiger partial charge is 0.477 e. The number of rotatable bonds is 4. The summed E-state index contributed by atoms with van der Waals surface area (Å²) in [6.07, 6.45) is -0.196. The Morgan fingerprint density at radius 3 is 2.78 bits per heavy atom. The van der Waals surface area contributed by atoms with Crippen LogP contribution >= 0.6 is 0 Å². The van der Waals surface area contributed by atoms with E-state index in [-0.39, 0.29) is 11.7 Å². The number of carboxylic acids is 1. The van der Waals surface area contributed by atoms with Crippen LogP contribution in [0.3, 0.4) is 0 Å². The van der Waals surface area contributed by atoms with Gasteiger partial charge in [-0.15, -0.1) is 0 Å². The summed E-state index contributed by atoms with van der Waals surface area (Å²) in [5.74, 6) is -0.878. The minimum absolute atomic E-state index is 0.0634. The smallest absolute Gasteiger partial charge is 0.352 e. The van der Waals surface area contributed by atoms with E-state index in [9.17, 15) is 9.59 Å². The molecule has 2 heterocycles. The van der Waals surface area contributed by atoms with Gasteiger partial charge in [-0.3, -0.25) is 4.79 Å². The number of aromatic carboxylic acids is 1. The number of carbonyl (C=O) groups is 2. The van der Waals surface area contributed by atoms with Crippen molar-refractivity contribution in [2.75, 3.05) is 0 Å². The molecule has 2 aromatic rings. The van der Waals surface area contributed by atoms with Crippen molar-refractivity contribution in [2.24, 2.45) is 0 Å². The van der Waals surface area contributed by atoms with Gasteiger partial charge in [0.25, 0.3) is 0 Å². The SMILES string of the molecule is CCC(=O)OC(C)c1cc2[nH]c(C(=O)O)cc2o1. The first-order chi connectivity index (χ1) is 8.51. The van der Waals surface area contributed by atoms with Crippen molar-refractivity contribution < 1.29 is 23.8 Å². The second-order valence-electron chi connectivity index (χ2n) is 3.90. The maximum absolute atomic E-state index is 11.1. The first kappa shape index (κ1) is 12.2. The monoisotopic (exact) mass is 251 g/mol. The third-order valence-electron chi connectivity index (χ3n) is 2.55. The van der Waals surface area contributed by atoms with Crippen molar-refractivity contribution >= 4 is 23.0 Å². The Bertz CT molecular complexity index is 563. The van der Waals surface area contributed by atoms with Crippen LogP contribution in [0.5, 0.6) is 0 Å². The molecule has 0 aliphatic carbocycles. The average molecular weight is 251 g/mol. The zero-order valence-electron chi connectivity index (χ0n) is 10.0. The first-order valence-corrected chi connectivity index (χ1v) is 5.56. The summed E-state index contributed by atoms with van der Waals surface area (Å²) in [6, 6.07) is 3.03. The predicted octanol–water partition coefficient (Wildman–Crippen LogP) is 2.47. The number of fused-ring (bicyclic) bond motifs is 1. The molecule has 0 aliphatic rings. The van der Waals surface area contributed by atoms with Gasteiger partial charge in [0.05, 0.1) is 5.52 Å². The summed E-state index contributed by atoms with van der Waals surface area (Å²) in [5.41, 5.74) is 1.07. The normalized spacial score (nSPS) is 12.6. The van der Waals surface area contributed by atoms with Gasteiger partial charge < -0.3 is 19.2 Å². The van der Waals surface area contributed by atoms with Crippen molar-refractivity contribution in [1.29, 1.82) is 0 Å². The Hall–Kier alpha value is -2.24. The van der Waals surface area contributed by atoms with E-state index < -0.39 is 12.1 Å². The standard InChI is InChI=1S/C12H13NO5/c1-3-11(14)17-6(2)9-4-7-10(18-9)5-8(13-7)12(15)16/h4-6,13H,3H2,1-2H3,(H,15,16). The molecule has 0 spiro atoms. The van der Waals surface area contributed by atoms with Crippen LogP contribution in [0.15, 0.2) is 16.5 Å². The molecular weight excluding hydrogens is 238 g/mol. The van der Waals surface area contributed by atoms with Crippen LogP contribution in [-0.4, -0.2) is 22.0 Å². The Morgan fingerprint density at radius 1 is 1.50 bits per heavy atom. The molecule has 2 rings (SSSR count). The van der Waals surface area contributed by atoms with E-state index in [1.54, 1.807) is 19.9 Å². The van der Waals surface area contributed by atoms with Gasteiger partial charge in [0.2, 0.25) is 0 Å². The molecule has 18 heavy (non-hydrogen) atoms. The highest BCUT2D eigenvalue weighted by Crippen LogP contribution is 2.26. The molecule has 6 heteroatoms. The van der Waals surface area contributed by atoms with E-state index in [2.05, 4.69) is 4.98 Å². The second kappa shape index (κ2) is 4.56. The van der Waals surface area contributed by atoms with Gasteiger partial charge >= 0.3 is 11.9 Å². The average Bonchev–Trinajstić information content (AvgIpc) is 2.85. The van der Waals surface area contributed by atoms with E-state index in [1.807, 2.05) is 0 Å². The third kappa shape index (κ3) is 2.22. The van der Waals surface area contributed by atoms with E-state index in [4.69, 9.17) is 14.3 Å². The molecule has 2 N–H and O–H groups in total. The molecule has 1 atom stereocenters. The maximum Gasteiger partial charge on any atom is 0.352 e. The van der Waals surface area contributed by atoms with Crippen molar-refractivity contribution in [3.8, 4) is 0 Å². The van der Waals surface area contributed by atoms with E-state index in [0.29, 0.717) is 23.3 Å². The van der Waals surface area contributed by atoms with Gasteiger partial charge in [-0.1, -0.05) is 6.92 Å². The lowest BCUT2D eigenvalue weighted by molar-refractivity contribution is -0.148. The molecule has 0 saturated heterocycles. The molecule has 1 unspecified atom stereocenters. The van der Waals surface area contributed by atoms with Crippen LogP contribution < -0.4 is 0 Å². The van der Waals surface area contributed by atoms with Crippen LogP contribution in [0.25, 0.3) is 11.1 Å². The predicted molar refractivity (Wildman–Crippen MR) is 62.3 cm³/mol. The molecule has 0 bridgehead atoms. The highest BCUT2D eigenvalue weighted by molar-refractivity contribution is 5.92. The van der Waals surface area contributed by atoms with E-state index in [1.165, 1.54) is 6.07 Å². The molecule has 0 fully saturated rings. The van der Waals surface area contributed by atoms with E-state index in [0.717, 1.165) is 0 Å². The molecule has 96 valence electrons. The molecule has 6 nitrogen and oxygen atoms in total. The number of ether oxygens (including phenoxy) is 1. The minimum Gasteiger partial charge on any atom is -0.477 e. The van der Waals surface area contributed by atoms with Crippen LogP contribution in [0, 0.1) is 0 Å². The van der Waals surface area contributed by atoms with Crippen LogP contribution in [0.2, 0.25) is 0 Å². The van der Waals surface area contributed by atoms with Crippen molar-refractivity contribution in [3.05, 3.63) is 23.6 Å². The van der Waals surface area contributed by atoms with Crippen LogP contribution in [0.1, 0.15) is 42.6 Å². The first-order valence-electron chi connectivity index (χ1n) is 5.56. The van der Waals surface area contributed by atoms with Gasteiger partial charge in [0, 0.05) is 18.6 Å². The molecule has 0 radical (unpaired) electrons. The van der Waals surface area contributed by atoms with Crippen LogP contribution in [0.4, 0.5) is 0 Å². The number of hydrogen-bond acceptors (Lipinski definition) is 4. The highest BCUT2D eigenvalue weighted by atomic mass is 16.6. The molecule has 0 aliphatic heterocycles. The topological polar surface area (TPSA) is 92.5 Å². The van der Waals surface area contributed by atoms with Crippen molar-refractivity contribution in [3.63, 3.8) is 0 Å². The molecule has 0 amide bonds. The Kier molecular flexibility index (Phi) is 3.10. The number of aromatic nitrogens is 1. The summed E-state index contributed by atoms with van der Waals surface area (Å²) < 4.78 is 10.5. The van der Waals surface area contributed by atoms with Crippen LogP contribution in [-0.2, 0) is 9.53 Å². The summed E-state index contributed by atoms with van der Waals surface area (Å²) in [4.78, 5) is 24.6. The number of hydrogen-bond donors (Lipinski definition) is 2. The molecule has 0 saturated carbocycles. The number of aromatic amines is 1. The number of esters is 1. The fraction of sp³-hybridized carbons (Fsp3) is 0.333. The molecular formula is C12H13NO5. The number of furan rings is 1. The maximum atomic E-state index is 11.1. The van der Waals surface area contributed by atoms with Gasteiger partial charge in [0.15, 0.2) is 11.7 Å². The minimum atomic E-state index is -1.05. The number of carboxylic acid groups (broad SMARTS) is 1. The zero-order valence-corrected chi connectivity index (χ0v) is 10.0. The fourth-order valence-corrected chi connectivity index (χ4v) is 1.60. The summed E-state index contributed by atoms with van der Waals surface area (Å²) >= 11 is 0. The van der Waals surface area contributed by atoms with Gasteiger partial charge in [-0.2, -0.15) is 0 Å².